The standard InChI is InChI=1S/C12H28N2O/c1-10(2)12(9-15-6)13-7-8-14(5)11(3)4/h10-13H,7-9H2,1-6H3. The Balaban J connectivity index is 3.70. The summed E-state index contributed by atoms with van der Waals surface area (Å²) in [6.07, 6.45) is 0. The highest BCUT2D eigenvalue weighted by Gasteiger charge is 2.12. The zero-order valence-corrected chi connectivity index (χ0v) is 11.2. The molecule has 0 spiro atoms. The molecule has 3 heteroatoms. The van der Waals surface area contributed by atoms with Crippen LogP contribution in [-0.4, -0.2) is 50.8 Å². The summed E-state index contributed by atoms with van der Waals surface area (Å²) in [5.74, 6) is 0.620. The molecule has 1 unspecified atom stereocenters. The maximum atomic E-state index is 5.19. The van der Waals surface area contributed by atoms with Crippen LogP contribution >= 0.6 is 0 Å². The first-order valence-corrected chi connectivity index (χ1v) is 5.91. The van der Waals surface area contributed by atoms with Crippen LogP contribution in [0.1, 0.15) is 27.7 Å². The third-order valence-corrected chi connectivity index (χ3v) is 2.90. The van der Waals surface area contributed by atoms with Crippen molar-refractivity contribution in [3.8, 4) is 0 Å². The van der Waals surface area contributed by atoms with E-state index >= 15 is 0 Å². The van der Waals surface area contributed by atoms with Crippen molar-refractivity contribution in [1.29, 1.82) is 0 Å². The Bertz CT molecular complexity index is 149. The first-order chi connectivity index (χ1) is 6.99. The molecule has 0 saturated carbocycles. The fourth-order valence-corrected chi connectivity index (χ4v) is 1.35. The van der Waals surface area contributed by atoms with Crippen LogP contribution in [-0.2, 0) is 4.74 Å². The summed E-state index contributed by atoms with van der Waals surface area (Å²) < 4.78 is 5.19. The molecule has 1 atom stereocenters. The van der Waals surface area contributed by atoms with Crippen molar-refractivity contribution in [2.45, 2.75) is 39.8 Å². The van der Waals surface area contributed by atoms with Gasteiger partial charge in [0.1, 0.15) is 0 Å². The van der Waals surface area contributed by atoms with Crippen LogP contribution in [0.25, 0.3) is 0 Å². The van der Waals surface area contributed by atoms with Crippen LogP contribution in [0.4, 0.5) is 0 Å². The Morgan fingerprint density at radius 1 is 1.20 bits per heavy atom. The van der Waals surface area contributed by atoms with Crippen molar-refractivity contribution in [1.82, 2.24) is 10.2 Å². The van der Waals surface area contributed by atoms with E-state index in [1.165, 1.54) is 0 Å². The molecule has 0 aliphatic rings. The smallest absolute Gasteiger partial charge is 0.0618 e. The van der Waals surface area contributed by atoms with Crippen LogP contribution in [0.5, 0.6) is 0 Å². The zero-order valence-electron chi connectivity index (χ0n) is 11.2. The number of hydrogen-bond acceptors (Lipinski definition) is 3. The normalized spacial score (nSPS) is 14.2. The number of rotatable bonds is 8. The summed E-state index contributed by atoms with van der Waals surface area (Å²) in [6.45, 7) is 11.8. The molecule has 1 N–H and O–H groups in total. The van der Waals surface area contributed by atoms with Gasteiger partial charge in [0.25, 0.3) is 0 Å². The molecule has 3 nitrogen and oxygen atoms in total. The third-order valence-electron chi connectivity index (χ3n) is 2.90. The van der Waals surface area contributed by atoms with Gasteiger partial charge in [-0.3, -0.25) is 0 Å². The molecular formula is C12H28N2O. The van der Waals surface area contributed by atoms with E-state index in [1.807, 2.05) is 0 Å². The molecular weight excluding hydrogens is 188 g/mol. The van der Waals surface area contributed by atoms with Gasteiger partial charge < -0.3 is 15.0 Å². The number of nitrogens with one attached hydrogen (secondary N) is 1. The van der Waals surface area contributed by atoms with Crippen LogP contribution < -0.4 is 5.32 Å². The molecule has 0 fully saturated rings. The van der Waals surface area contributed by atoms with Gasteiger partial charge in [0, 0.05) is 32.3 Å². The average Bonchev–Trinajstić information content (AvgIpc) is 2.15. The fraction of sp³-hybridized carbons (Fsp3) is 1.00. The molecule has 0 aromatic heterocycles. The summed E-state index contributed by atoms with van der Waals surface area (Å²) in [7, 11) is 3.92. The minimum atomic E-state index is 0.468. The van der Waals surface area contributed by atoms with Gasteiger partial charge >= 0.3 is 0 Å². The number of nitrogens with zero attached hydrogens (tertiary/aromatic N) is 1. The third kappa shape index (κ3) is 6.88. The second kappa shape index (κ2) is 8.08. The number of methoxy groups -OCH3 is 1. The molecule has 0 heterocycles. The average molecular weight is 216 g/mol. The fourth-order valence-electron chi connectivity index (χ4n) is 1.35. The molecule has 0 aliphatic heterocycles. The largest absolute Gasteiger partial charge is 0.383 e. The SMILES string of the molecule is COCC(NCCN(C)C(C)C)C(C)C. The van der Waals surface area contributed by atoms with Gasteiger partial charge in [-0.2, -0.15) is 0 Å². The Kier molecular flexibility index (Phi) is 8.02. The van der Waals surface area contributed by atoms with Crippen LogP contribution in [0.3, 0.4) is 0 Å². The second-order valence-corrected chi connectivity index (χ2v) is 4.83. The minimum absolute atomic E-state index is 0.468. The van der Waals surface area contributed by atoms with Gasteiger partial charge in [-0.05, 0) is 26.8 Å². The van der Waals surface area contributed by atoms with Crippen molar-refractivity contribution < 1.29 is 4.74 Å². The number of ether oxygens (including phenoxy) is 1. The van der Waals surface area contributed by atoms with Crippen molar-refractivity contribution in [3.63, 3.8) is 0 Å². The highest BCUT2D eigenvalue weighted by atomic mass is 16.5. The van der Waals surface area contributed by atoms with Gasteiger partial charge in [0.15, 0.2) is 0 Å². The number of likely N-dealkylation sites (N-methyl/N-ethyl adjacent to an activating group) is 1. The van der Waals surface area contributed by atoms with Crippen LogP contribution in [0.15, 0.2) is 0 Å². The second-order valence-electron chi connectivity index (χ2n) is 4.83. The van der Waals surface area contributed by atoms with Gasteiger partial charge in [-0.25, -0.2) is 0 Å². The van der Waals surface area contributed by atoms with Crippen molar-refractivity contribution in [3.05, 3.63) is 0 Å². The van der Waals surface area contributed by atoms with Crippen molar-refractivity contribution >= 4 is 0 Å². The van der Waals surface area contributed by atoms with Crippen molar-refractivity contribution in [2.75, 3.05) is 33.9 Å². The Labute approximate surface area is 95.2 Å². The van der Waals surface area contributed by atoms with Crippen molar-refractivity contribution in [2.24, 2.45) is 5.92 Å². The highest BCUT2D eigenvalue weighted by Crippen LogP contribution is 2.01. The van der Waals surface area contributed by atoms with E-state index < -0.39 is 0 Å². The van der Waals surface area contributed by atoms with Gasteiger partial charge in [0.05, 0.1) is 6.61 Å². The maximum absolute atomic E-state index is 5.19. The molecule has 0 aromatic rings. The van der Waals surface area contributed by atoms with E-state index in [2.05, 4.69) is 45.0 Å². The molecule has 92 valence electrons. The summed E-state index contributed by atoms with van der Waals surface area (Å²) in [4.78, 5) is 2.34. The molecule has 0 aromatic carbocycles. The van der Waals surface area contributed by atoms with E-state index in [1.54, 1.807) is 7.11 Å². The Hall–Kier alpha value is -0.120. The van der Waals surface area contributed by atoms with E-state index in [0.717, 1.165) is 19.7 Å². The van der Waals surface area contributed by atoms with Crippen LogP contribution in [0.2, 0.25) is 0 Å². The zero-order chi connectivity index (χ0) is 11.8. The topological polar surface area (TPSA) is 24.5 Å². The van der Waals surface area contributed by atoms with E-state index in [4.69, 9.17) is 4.74 Å². The van der Waals surface area contributed by atoms with Crippen LogP contribution in [0, 0.1) is 5.92 Å². The lowest BCUT2D eigenvalue weighted by Crippen LogP contribution is -2.42. The lowest BCUT2D eigenvalue weighted by molar-refractivity contribution is 0.144. The molecule has 0 saturated heterocycles. The molecule has 0 radical (unpaired) electrons. The predicted molar refractivity (Wildman–Crippen MR) is 66.3 cm³/mol. The minimum Gasteiger partial charge on any atom is -0.383 e. The first kappa shape index (κ1) is 14.9. The van der Waals surface area contributed by atoms with Gasteiger partial charge in [-0.1, -0.05) is 13.8 Å². The quantitative estimate of drug-likeness (QED) is 0.667. The van der Waals surface area contributed by atoms with E-state index in [0.29, 0.717) is 18.0 Å². The summed E-state index contributed by atoms with van der Waals surface area (Å²) in [5.41, 5.74) is 0. The first-order valence-electron chi connectivity index (χ1n) is 5.91. The lowest BCUT2D eigenvalue weighted by Gasteiger charge is -2.25. The summed E-state index contributed by atoms with van der Waals surface area (Å²) in [6, 6.07) is 1.09. The molecule has 0 bridgehead atoms. The molecule has 15 heavy (non-hydrogen) atoms. The molecule has 0 amide bonds. The lowest BCUT2D eigenvalue weighted by atomic mass is 10.1. The number of hydrogen-bond donors (Lipinski definition) is 1. The maximum Gasteiger partial charge on any atom is 0.0618 e. The molecule has 0 rings (SSSR count). The van der Waals surface area contributed by atoms with Gasteiger partial charge in [0.2, 0.25) is 0 Å². The monoisotopic (exact) mass is 216 g/mol. The Morgan fingerprint density at radius 3 is 2.20 bits per heavy atom. The van der Waals surface area contributed by atoms with E-state index in [-0.39, 0.29) is 0 Å². The summed E-state index contributed by atoms with van der Waals surface area (Å²) in [5, 5.41) is 3.54. The van der Waals surface area contributed by atoms with Gasteiger partial charge in [-0.15, -0.1) is 0 Å². The molecule has 0 aliphatic carbocycles. The van der Waals surface area contributed by atoms with E-state index in [9.17, 15) is 0 Å². The highest BCUT2D eigenvalue weighted by molar-refractivity contribution is 4.70. The summed E-state index contributed by atoms with van der Waals surface area (Å²) >= 11 is 0. The Morgan fingerprint density at radius 2 is 1.80 bits per heavy atom. The predicted octanol–water partition coefficient (Wildman–Crippen LogP) is 1.59.